The smallest absolute Gasteiger partial charge is 0.166 e. The molecular weight excluding hydrogens is 269 g/mol. The van der Waals surface area contributed by atoms with E-state index < -0.39 is 11.9 Å². The number of aliphatic hydroxyl groups excluding tert-OH is 1. The van der Waals surface area contributed by atoms with Crippen LogP contribution >= 0.6 is 0 Å². The van der Waals surface area contributed by atoms with Crippen molar-refractivity contribution in [1.82, 2.24) is 0 Å². The normalized spacial score (nSPS) is 11.8. The lowest BCUT2D eigenvalue weighted by molar-refractivity contribution is 0.198. The summed E-state index contributed by atoms with van der Waals surface area (Å²) < 4.78 is 19.7. The van der Waals surface area contributed by atoms with E-state index in [-0.39, 0.29) is 5.75 Å². The summed E-state index contributed by atoms with van der Waals surface area (Å²) in [5.74, 6) is 0.101. The van der Waals surface area contributed by atoms with Gasteiger partial charge in [0, 0.05) is 0 Å². The first-order valence-electron chi connectivity index (χ1n) is 6.59. The lowest BCUT2D eigenvalue weighted by Gasteiger charge is -2.14. The molecular formula is C17H16FNO2. The third kappa shape index (κ3) is 3.21. The molecule has 4 heteroatoms. The molecule has 0 aromatic heterocycles. The fourth-order valence-electron chi connectivity index (χ4n) is 2.15. The molecule has 3 nitrogen and oxygen atoms in total. The van der Waals surface area contributed by atoms with Gasteiger partial charge in [0.15, 0.2) is 11.6 Å². The summed E-state index contributed by atoms with van der Waals surface area (Å²) >= 11 is 0. The van der Waals surface area contributed by atoms with Crippen molar-refractivity contribution >= 4 is 0 Å². The van der Waals surface area contributed by atoms with Gasteiger partial charge in [-0.2, -0.15) is 5.26 Å². The molecule has 0 radical (unpaired) electrons. The molecule has 0 aliphatic heterocycles. The summed E-state index contributed by atoms with van der Waals surface area (Å²) in [6.45, 7) is 5.20. The minimum atomic E-state index is -0.730. The second-order valence-corrected chi connectivity index (χ2v) is 5.02. The van der Waals surface area contributed by atoms with Gasteiger partial charge in [-0.1, -0.05) is 6.07 Å². The van der Waals surface area contributed by atoms with Gasteiger partial charge in [-0.15, -0.1) is 0 Å². The molecule has 0 amide bonds. The first kappa shape index (κ1) is 15.0. The topological polar surface area (TPSA) is 53.2 Å². The number of hydrogen-bond donors (Lipinski definition) is 1. The Morgan fingerprint density at radius 1 is 1.19 bits per heavy atom. The van der Waals surface area contributed by atoms with E-state index in [0.29, 0.717) is 16.9 Å². The maximum Gasteiger partial charge on any atom is 0.166 e. The number of halogens is 1. The van der Waals surface area contributed by atoms with Crippen molar-refractivity contribution in [1.29, 1.82) is 5.26 Å². The Morgan fingerprint density at radius 2 is 1.81 bits per heavy atom. The van der Waals surface area contributed by atoms with E-state index in [0.717, 1.165) is 11.1 Å². The van der Waals surface area contributed by atoms with E-state index in [1.807, 2.05) is 13.8 Å². The van der Waals surface area contributed by atoms with Crippen molar-refractivity contribution < 1.29 is 14.2 Å². The highest BCUT2D eigenvalue weighted by atomic mass is 19.1. The highest BCUT2D eigenvalue weighted by molar-refractivity contribution is 5.49. The van der Waals surface area contributed by atoms with E-state index in [2.05, 4.69) is 6.07 Å². The van der Waals surface area contributed by atoms with E-state index in [1.54, 1.807) is 25.1 Å². The van der Waals surface area contributed by atoms with Crippen LogP contribution in [0, 0.1) is 31.0 Å². The lowest BCUT2D eigenvalue weighted by Crippen LogP contribution is -1.97. The van der Waals surface area contributed by atoms with Crippen LogP contribution in [0.2, 0.25) is 0 Å². The number of aliphatic hydroxyl groups is 1. The van der Waals surface area contributed by atoms with Gasteiger partial charge in [0.25, 0.3) is 0 Å². The van der Waals surface area contributed by atoms with Crippen molar-refractivity contribution in [3.8, 4) is 17.6 Å². The highest BCUT2D eigenvalue weighted by Gasteiger charge is 2.12. The largest absolute Gasteiger partial charge is 0.454 e. The van der Waals surface area contributed by atoms with Crippen molar-refractivity contribution in [2.45, 2.75) is 26.9 Å². The molecule has 21 heavy (non-hydrogen) atoms. The molecule has 0 bridgehead atoms. The van der Waals surface area contributed by atoms with Gasteiger partial charge in [-0.3, -0.25) is 0 Å². The number of ether oxygens (including phenoxy) is 1. The molecule has 0 spiro atoms. The lowest BCUT2D eigenvalue weighted by atomic mass is 10.1. The standard InChI is InChI=1S/C17H16FNO2/c1-10-6-13(9-19)7-11(2)17(10)21-16-5-4-14(12(3)20)8-15(16)18/h4-8,12,20H,1-3H3. The molecule has 0 saturated heterocycles. The molecule has 2 rings (SSSR count). The SMILES string of the molecule is Cc1cc(C#N)cc(C)c1Oc1ccc(C(C)O)cc1F. The average molecular weight is 285 g/mol. The molecule has 2 aromatic rings. The molecule has 0 aliphatic carbocycles. The molecule has 2 aromatic carbocycles. The van der Waals surface area contributed by atoms with E-state index in [9.17, 15) is 9.50 Å². The maximum absolute atomic E-state index is 14.0. The van der Waals surface area contributed by atoms with Gasteiger partial charge in [-0.05, 0) is 61.7 Å². The zero-order chi connectivity index (χ0) is 15.6. The number of aryl methyl sites for hydroxylation is 2. The second kappa shape index (κ2) is 5.94. The van der Waals surface area contributed by atoms with Crippen molar-refractivity contribution in [3.05, 3.63) is 58.4 Å². The Balaban J connectivity index is 2.37. The van der Waals surface area contributed by atoms with Crippen LogP contribution in [-0.2, 0) is 0 Å². The van der Waals surface area contributed by atoms with Crippen LogP contribution in [-0.4, -0.2) is 5.11 Å². The van der Waals surface area contributed by atoms with Crippen LogP contribution in [0.3, 0.4) is 0 Å². The summed E-state index contributed by atoms with van der Waals surface area (Å²) in [6, 6.07) is 9.85. The molecule has 0 fully saturated rings. The number of hydrogen-bond acceptors (Lipinski definition) is 3. The van der Waals surface area contributed by atoms with Gasteiger partial charge < -0.3 is 9.84 Å². The fraction of sp³-hybridized carbons (Fsp3) is 0.235. The van der Waals surface area contributed by atoms with E-state index in [4.69, 9.17) is 10.00 Å². The van der Waals surface area contributed by atoms with Gasteiger partial charge in [0.2, 0.25) is 0 Å². The summed E-state index contributed by atoms with van der Waals surface area (Å²) in [4.78, 5) is 0. The Morgan fingerprint density at radius 3 is 2.29 bits per heavy atom. The predicted molar refractivity (Wildman–Crippen MR) is 77.7 cm³/mol. The van der Waals surface area contributed by atoms with Crippen molar-refractivity contribution in [3.63, 3.8) is 0 Å². The molecule has 108 valence electrons. The van der Waals surface area contributed by atoms with Crippen LogP contribution in [0.25, 0.3) is 0 Å². The van der Waals surface area contributed by atoms with Gasteiger partial charge in [0.05, 0.1) is 17.7 Å². The first-order valence-corrected chi connectivity index (χ1v) is 6.59. The molecule has 1 unspecified atom stereocenters. The monoisotopic (exact) mass is 285 g/mol. The number of nitriles is 1. The van der Waals surface area contributed by atoms with Crippen molar-refractivity contribution in [2.24, 2.45) is 0 Å². The number of rotatable bonds is 3. The molecule has 0 saturated carbocycles. The first-order chi connectivity index (χ1) is 9.92. The van der Waals surface area contributed by atoms with Crippen LogP contribution in [0.4, 0.5) is 4.39 Å². The van der Waals surface area contributed by atoms with Crippen LogP contribution in [0.15, 0.2) is 30.3 Å². The van der Waals surface area contributed by atoms with Crippen LogP contribution in [0.5, 0.6) is 11.5 Å². The zero-order valence-electron chi connectivity index (χ0n) is 12.1. The summed E-state index contributed by atoms with van der Waals surface area (Å²) in [7, 11) is 0. The molecule has 0 heterocycles. The quantitative estimate of drug-likeness (QED) is 0.921. The van der Waals surface area contributed by atoms with Crippen LogP contribution in [0.1, 0.15) is 35.3 Å². The summed E-state index contributed by atoms with van der Waals surface area (Å²) in [6.07, 6.45) is -0.730. The van der Waals surface area contributed by atoms with Gasteiger partial charge in [0.1, 0.15) is 5.75 Å². The van der Waals surface area contributed by atoms with Gasteiger partial charge >= 0.3 is 0 Å². The van der Waals surface area contributed by atoms with Crippen molar-refractivity contribution in [2.75, 3.05) is 0 Å². The van der Waals surface area contributed by atoms with Gasteiger partial charge in [-0.25, -0.2) is 4.39 Å². The summed E-state index contributed by atoms with van der Waals surface area (Å²) in [5, 5.41) is 18.4. The zero-order valence-corrected chi connectivity index (χ0v) is 12.1. The number of benzene rings is 2. The molecule has 0 aliphatic rings. The van der Waals surface area contributed by atoms with Crippen LogP contribution < -0.4 is 4.74 Å². The molecule has 1 N–H and O–H groups in total. The van der Waals surface area contributed by atoms with E-state index in [1.165, 1.54) is 12.1 Å². The minimum absolute atomic E-state index is 0.0929. The number of nitrogens with zero attached hydrogens (tertiary/aromatic N) is 1. The third-order valence-electron chi connectivity index (χ3n) is 3.24. The fourth-order valence-corrected chi connectivity index (χ4v) is 2.15. The highest BCUT2D eigenvalue weighted by Crippen LogP contribution is 2.32. The minimum Gasteiger partial charge on any atom is -0.454 e. The Labute approximate surface area is 123 Å². The maximum atomic E-state index is 14.0. The average Bonchev–Trinajstić information content (AvgIpc) is 2.43. The Bertz CT molecular complexity index is 694. The summed E-state index contributed by atoms with van der Waals surface area (Å²) in [5.41, 5.74) is 2.58. The van der Waals surface area contributed by atoms with E-state index >= 15 is 0 Å². The Kier molecular flexibility index (Phi) is 4.25. The third-order valence-corrected chi connectivity index (χ3v) is 3.24. The molecule has 1 atom stereocenters. The predicted octanol–water partition coefficient (Wildman–Crippen LogP) is 4.16. The second-order valence-electron chi connectivity index (χ2n) is 5.02. The Hall–Kier alpha value is -2.38.